The second kappa shape index (κ2) is 6.29. The van der Waals surface area contributed by atoms with E-state index >= 15 is 0 Å². The molecule has 1 unspecified atom stereocenters. The molecule has 0 amide bonds. The fraction of sp³-hybridized carbons (Fsp3) is 0.588. The van der Waals surface area contributed by atoms with E-state index in [2.05, 4.69) is 31.7 Å². The summed E-state index contributed by atoms with van der Waals surface area (Å²) in [6.45, 7) is 8.93. The molecule has 0 saturated carbocycles. The maximum Gasteiger partial charge on any atom is 0.124 e. The van der Waals surface area contributed by atoms with Crippen LogP contribution >= 0.6 is 0 Å². The van der Waals surface area contributed by atoms with Gasteiger partial charge in [0.25, 0.3) is 0 Å². The third-order valence-electron chi connectivity index (χ3n) is 4.56. The minimum atomic E-state index is 0.174. The van der Waals surface area contributed by atoms with Gasteiger partial charge in [-0.15, -0.1) is 0 Å². The van der Waals surface area contributed by atoms with Crippen LogP contribution in [0.2, 0.25) is 0 Å². The molecule has 1 aliphatic rings. The fourth-order valence-corrected chi connectivity index (χ4v) is 3.31. The van der Waals surface area contributed by atoms with Gasteiger partial charge in [-0.05, 0) is 49.7 Å². The number of nitrogens with two attached hydrogens (primary N) is 1. The Morgan fingerprint density at radius 2 is 2.05 bits per heavy atom. The van der Waals surface area contributed by atoms with Crippen LogP contribution in [0.1, 0.15) is 44.2 Å². The predicted octanol–water partition coefficient (Wildman–Crippen LogP) is 3.54. The van der Waals surface area contributed by atoms with E-state index in [-0.39, 0.29) is 5.84 Å². The lowest BCUT2D eigenvalue weighted by Gasteiger charge is -2.27. The lowest BCUT2D eigenvalue weighted by molar-refractivity contribution is 0.351. The summed E-state index contributed by atoms with van der Waals surface area (Å²) in [5.41, 5.74) is 9.04. The van der Waals surface area contributed by atoms with Crippen LogP contribution < -0.4 is 10.6 Å². The first-order chi connectivity index (χ1) is 9.50. The summed E-state index contributed by atoms with van der Waals surface area (Å²) < 4.78 is 0. The number of rotatable bonds is 3. The largest absolute Gasteiger partial charge is 0.384 e. The molecule has 1 atom stereocenters. The number of nitrogens with zero attached hydrogens (tertiary/aromatic N) is 1. The van der Waals surface area contributed by atoms with Gasteiger partial charge in [0.1, 0.15) is 5.84 Å². The summed E-state index contributed by atoms with van der Waals surface area (Å²) in [5.74, 6) is 1.76. The minimum absolute atomic E-state index is 0.174. The molecule has 2 rings (SSSR count). The Balaban J connectivity index is 2.26. The zero-order chi connectivity index (χ0) is 14.7. The molecule has 0 aliphatic carbocycles. The van der Waals surface area contributed by atoms with Crippen molar-refractivity contribution in [1.82, 2.24) is 0 Å². The summed E-state index contributed by atoms with van der Waals surface area (Å²) in [4.78, 5) is 2.44. The Hall–Kier alpha value is -1.51. The lowest BCUT2D eigenvalue weighted by atomic mass is 9.89. The monoisotopic (exact) mass is 273 g/mol. The van der Waals surface area contributed by atoms with E-state index in [9.17, 15) is 0 Å². The molecule has 1 aromatic carbocycles. The Labute approximate surface area is 122 Å². The molecule has 0 spiro atoms. The second-order valence-corrected chi connectivity index (χ2v) is 6.31. The summed E-state index contributed by atoms with van der Waals surface area (Å²) in [6.07, 6.45) is 3.79. The van der Waals surface area contributed by atoms with Gasteiger partial charge in [0.2, 0.25) is 0 Å². The molecule has 1 saturated heterocycles. The molecule has 1 aromatic rings. The average molecular weight is 273 g/mol. The van der Waals surface area contributed by atoms with E-state index in [1.54, 1.807) is 0 Å². The smallest absolute Gasteiger partial charge is 0.124 e. The zero-order valence-corrected chi connectivity index (χ0v) is 12.9. The second-order valence-electron chi connectivity index (χ2n) is 6.31. The molecule has 3 heteroatoms. The summed E-state index contributed by atoms with van der Waals surface area (Å²) in [7, 11) is 0. The number of hydrogen-bond donors (Lipinski definition) is 2. The lowest BCUT2D eigenvalue weighted by Crippen LogP contribution is -2.28. The first-order valence-corrected chi connectivity index (χ1v) is 7.69. The van der Waals surface area contributed by atoms with Crippen LogP contribution in [0.5, 0.6) is 0 Å². The highest BCUT2D eigenvalue weighted by molar-refractivity contribution is 6.01. The molecule has 3 nitrogen and oxygen atoms in total. The van der Waals surface area contributed by atoms with Crippen molar-refractivity contribution in [3.05, 3.63) is 29.3 Å². The number of anilines is 1. The van der Waals surface area contributed by atoms with Crippen molar-refractivity contribution >= 4 is 11.5 Å². The quantitative estimate of drug-likeness (QED) is 0.653. The van der Waals surface area contributed by atoms with Crippen molar-refractivity contribution in [3.63, 3.8) is 0 Å². The Bertz CT molecular complexity index is 479. The highest BCUT2D eigenvalue weighted by Gasteiger charge is 2.22. The molecule has 1 fully saturated rings. The van der Waals surface area contributed by atoms with Crippen LogP contribution in [-0.4, -0.2) is 18.9 Å². The Morgan fingerprint density at radius 1 is 1.30 bits per heavy atom. The number of para-hydroxylation sites is 1. The first kappa shape index (κ1) is 14.9. The predicted molar refractivity (Wildman–Crippen MR) is 86.6 cm³/mol. The summed E-state index contributed by atoms with van der Waals surface area (Å²) in [5, 5.41) is 7.81. The molecule has 20 heavy (non-hydrogen) atoms. The van der Waals surface area contributed by atoms with E-state index < -0.39 is 0 Å². The van der Waals surface area contributed by atoms with Gasteiger partial charge in [-0.1, -0.05) is 26.0 Å². The molecule has 1 aliphatic heterocycles. The van der Waals surface area contributed by atoms with Crippen molar-refractivity contribution in [3.8, 4) is 0 Å². The van der Waals surface area contributed by atoms with E-state index in [1.807, 2.05) is 12.1 Å². The highest BCUT2D eigenvalue weighted by Crippen LogP contribution is 2.31. The van der Waals surface area contributed by atoms with E-state index in [0.29, 0.717) is 0 Å². The van der Waals surface area contributed by atoms with Crippen molar-refractivity contribution in [2.24, 2.45) is 17.6 Å². The minimum Gasteiger partial charge on any atom is -0.384 e. The van der Waals surface area contributed by atoms with Gasteiger partial charge in [0, 0.05) is 18.7 Å². The van der Waals surface area contributed by atoms with Crippen molar-refractivity contribution in [1.29, 1.82) is 5.41 Å². The third-order valence-corrected chi connectivity index (χ3v) is 4.56. The van der Waals surface area contributed by atoms with Gasteiger partial charge < -0.3 is 10.6 Å². The van der Waals surface area contributed by atoms with Gasteiger partial charge in [0.05, 0.1) is 5.69 Å². The van der Waals surface area contributed by atoms with E-state index in [4.69, 9.17) is 11.1 Å². The van der Waals surface area contributed by atoms with Gasteiger partial charge in [-0.2, -0.15) is 0 Å². The molecule has 0 aromatic heterocycles. The number of hydrogen-bond acceptors (Lipinski definition) is 2. The number of nitrogens with one attached hydrogen (secondary N) is 1. The van der Waals surface area contributed by atoms with Gasteiger partial charge >= 0.3 is 0 Å². The van der Waals surface area contributed by atoms with Crippen molar-refractivity contribution < 1.29 is 0 Å². The number of nitrogen functional groups attached to an aromatic ring is 1. The van der Waals surface area contributed by atoms with Gasteiger partial charge in [0.15, 0.2) is 0 Å². The van der Waals surface area contributed by atoms with Crippen LogP contribution in [0.25, 0.3) is 0 Å². The highest BCUT2D eigenvalue weighted by atomic mass is 15.1. The Morgan fingerprint density at radius 3 is 2.70 bits per heavy atom. The number of benzene rings is 1. The van der Waals surface area contributed by atoms with Gasteiger partial charge in [-0.25, -0.2) is 0 Å². The van der Waals surface area contributed by atoms with Crippen LogP contribution in [0.15, 0.2) is 18.2 Å². The normalized spacial score (nSPS) is 20.0. The topological polar surface area (TPSA) is 53.1 Å². The van der Waals surface area contributed by atoms with Crippen LogP contribution in [0.4, 0.5) is 5.69 Å². The maximum absolute atomic E-state index is 7.81. The molecular formula is C17H27N3. The van der Waals surface area contributed by atoms with E-state index in [1.165, 1.54) is 30.5 Å². The molecule has 1 heterocycles. The SMILES string of the molecule is Cc1cccc(C(=N)N)c1N1CCCC(C(C)C)CC1. The molecular weight excluding hydrogens is 246 g/mol. The Kier molecular flexibility index (Phi) is 4.69. The van der Waals surface area contributed by atoms with Crippen LogP contribution in [0.3, 0.4) is 0 Å². The molecule has 110 valence electrons. The van der Waals surface area contributed by atoms with Crippen LogP contribution in [-0.2, 0) is 0 Å². The molecule has 3 N–H and O–H groups in total. The number of amidine groups is 1. The molecule has 0 bridgehead atoms. The van der Waals surface area contributed by atoms with E-state index in [0.717, 1.165) is 30.5 Å². The fourth-order valence-electron chi connectivity index (χ4n) is 3.31. The summed E-state index contributed by atoms with van der Waals surface area (Å²) >= 11 is 0. The first-order valence-electron chi connectivity index (χ1n) is 7.69. The van der Waals surface area contributed by atoms with Crippen molar-refractivity contribution in [2.45, 2.75) is 40.0 Å². The van der Waals surface area contributed by atoms with Crippen molar-refractivity contribution in [2.75, 3.05) is 18.0 Å². The number of aryl methyl sites for hydroxylation is 1. The van der Waals surface area contributed by atoms with Gasteiger partial charge in [-0.3, -0.25) is 5.41 Å². The standard InChI is InChI=1S/C17H27N3/c1-12(2)14-7-5-10-20(11-9-14)16-13(3)6-4-8-15(16)17(18)19/h4,6,8,12,14H,5,7,9-11H2,1-3H3,(H3,18,19). The third kappa shape index (κ3) is 3.14. The van der Waals surface area contributed by atoms with Crippen LogP contribution in [0, 0.1) is 24.2 Å². The maximum atomic E-state index is 7.81. The average Bonchev–Trinajstić information content (AvgIpc) is 2.64. The summed E-state index contributed by atoms with van der Waals surface area (Å²) in [6, 6.07) is 6.08. The zero-order valence-electron chi connectivity index (χ0n) is 12.9. The molecule has 0 radical (unpaired) electrons.